The Hall–Kier alpha value is -2.37. The average Bonchev–Trinajstić information content (AvgIpc) is 2.58. The summed E-state index contributed by atoms with van der Waals surface area (Å²) < 4.78 is 2.30. The fourth-order valence-electron chi connectivity index (χ4n) is 2.60. The zero-order chi connectivity index (χ0) is 17.3. The first-order valence-electron chi connectivity index (χ1n) is 7.13. The summed E-state index contributed by atoms with van der Waals surface area (Å²) in [5, 5.41) is 1.08. The number of aldehydes is 1. The van der Waals surface area contributed by atoms with Gasteiger partial charge in [-0.2, -0.15) is 0 Å². The molecule has 7 heteroatoms. The van der Waals surface area contributed by atoms with Crippen molar-refractivity contribution in [2.45, 2.75) is 13.1 Å². The number of halogens is 2. The number of para-hydroxylation sites is 1. The quantitative estimate of drug-likeness (QED) is 0.670. The minimum Gasteiger partial charge on any atom is -0.301 e. The summed E-state index contributed by atoms with van der Waals surface area (Å²) in [5.74, 6) is 0. The van der Waals surface area contributed by atoms with Crippen molar-refractivity contribution in [3.8, 4) is 0 Å². The van der Waals surface area contributed by atoms with Crippen LogP contribution in [0.2, 0.25) is 10.0 Å². The summed E-state index contributed by atoms with van der Waals surface area (Å²) in [6.07, 6.45) is 0.616. The summed E-state index contributed by atoms with van der Waals surface area (Å²) >= 11 is 12.3. The maximum absolute atomic E-state index is 12.7. The van der Waals surface area contributed by atoms with Gasteiger partial charge in [-0.05, 0) is 24.3 Å². The third kappa shape index (κ3) is 2.77. The molecule has 0 amide bonds. The highest BCUT2D eigenvalue weighted by Crippen LogP contribution is 2.24. The van der Waals surface area contributed by atoms with Gasteiger partial charge in [0.2, 0.25) is 0 Å². The van der Waals surface area contributed by atoms with Crippen molar-refractivity contribution in [1.29, 1.82) is 0 Å². The van der Waals surface area contributed by atoms with Crippen LogP contribution in [0.25, 0.3) is 10.9 Å². The summed E-state index contributed by atoms with van der Waals surface area (Å²) in [6, 6.07) is 11.6. The van der Waals surface area contributed by atoms with Crippen LogP contribution >= 0.6 is 23.2 Å². The molecule has 5 nitrogen and oxygen atoms in total. The van der Waals surface area contributed by atoms with Crippen LogP contribution in [-0.2, 0) is 17.9 Å². The molecule has 0 spiro atoms. The minimum absolute atomic E-state index is 0.0696. The van der Waals surface area contributed by atoms with E-state index in [0.717, 1.165) is 4.57 Å². The SMILES string of the molecule is O=CCn1c(=O)n(Cc2c(Cl)cccc2Cl)c(=O)c2ccccc21. The molecule has 0 bridgehead atoms. The molecule has 0 radical (unpaired) electrons. The van der Waals surface area contributed by atoms with Crippen molar-refractivity contribution < 1.29 is 4.79 Å². The summed E-state index contributed by atoms with van der Waals surface area (Å²) in [7, 11) is 0. The molecule has 0 saturated heterocycles. The molecule has 0 aliphatic carbocycles. The monoisotopic (exact) mass is 362 g/mol. The highest BCUT2D eigenvalue weighted by molar-refractivity contribution is 6.35. The lowest BCUT2D eigenvalue weighted by atomic mass is 10.2. The first-order chi connectivity index (χ1) is 11.5. The van der Waals surface area contributed by atoms with Crippen molar-refractivity contribution in [3.63, 3.8) is 0 Å². The Labute approximate surface area is 146 Å². The Balaban J connectivity index is 2.31. The number of carbonyl (C=O) groups is 1. The standard InChI is InChI=1S/C17H12Cl2N2O3/c18-13-5-3-6-14(19)12(13)10-21-16(23)11-4-1-2-7-15(11)20(8-9-22)17(21)24/h1-7,9H,8,10H2. The van der Waals surface area contributed by atoms with Crippen molar-refractivity contribution in [1.82, 2.24) is 9.13 Å². The van der Waals surface area contributed by atoms with Crippen molar-refractivity contribution in [2.75, 3.05) is 0 Å². The van der Waals surface area contributed by atoms with Gasteiger partial charge in [0.15, 0.2) is 0 Å². The van der Waals surface area contributed by atoms with Gasteiger partial charge in [-0.3, -0.25) is 13.9 Å². The van der Waals surface area contributed by atoms with Gasteiger partial charge >= 0.3 is 5.69 Å². The second-order valence-electron chi connectivity index (χ2n) is 5.17. The van der Waals surface area contributed by atoms with Crippen LogP contribution in [0.4, 0.5) is 0 Å². The molecule has 0 aliphatic rings. The Kier molecular flexibility index (Phi) is 4.55. The van der Waals surface area contributed by atoms with Gasteiger partial charge in [0, 0.05) is 15.6 Å². The number of rotatable bonds is 4. The predicted octanol–water partition coefficient (Wildman–Crippen LogP) is 2.72. The Morgan fingerprint density at radius 3 is 2.25 bits per heavy atom. The molecule has 0 fully saturated rings. The zero-order valence-electron chi connectivity index (χ0n) is 12.4. The summed E-state index contributed by atoms with van der Waals surface area (Å²) in [5.41, 5.74) is -0.135. The molecule has 24 heavy (non-hydrogen) atoms. The van der Waals surface area contributed by atoms with Crippen molar-refractivity contribution in [2.24, 2.45) is 0 Å². The first-order valence-corrected chi connectivity index (χ1v) is 7.89. The molecule has 0 atom stereocenters. The first kappa shape index (κ1) is 16.5. The van der Waals surface area contributed by atoms with E-state index in [4.69, 9.17) is 23.2 Å². The molecule has 0 N–H and O–H groups in total. The van der Waals surface area contributed by atoms with Crippen molar-refractivity contribution >= 4 is 40.4 Å². The molecule has 0 unspecified atom stereocenters. The zero-order valence-corrected chi connectivity index (χ0v) is 13.9. The van der Waals surface area contributed by atoms with Crippen LogP contribution in [0.5, 0.6) is 0 Å². The minimum atomic E-state index is -0.582. The molecular weight excluding hydrogens is 351 g/mol. The Morgan fingerprint density at radius 2 is 1.58 bits per heavy atom. The van der Waals surface area contributed by atoms with E-state index >= 15 is 0 Å². The molecule has 2 aromatic carbocycles. The van der Waals surface area contributed by atoms with Crippen LogP contribution in [0.1, 0.15) is 5.56 Å². The maximum Gasteiger partial charge on any atom is 0.332 e. The van der Waals surface area contributed by atoms with E-state index in [9.17, 15) is 14.4 Å². The van der Waals surface area contributed by atoms with Gasteiger partial charge in [0.05, 0.1) is 24.0 Å². The number of hydrogen-bond acceptors (Lipinski definition) is 3. The molecule has 0 saturated carbocycles. The molecule has 1 heterocycles. The second kappa shape index (κ2) is 6.63. The molecular formula is C17H12Cl2N2O3. The number of hydrogen-bond donors (Lipinski definition) is 0. The number of nitrogens with zero attached hydrogens (tertiary/aromatic N) is 2. The van der Waals surface area contributed by atoms with Crippen LogP contribution < -0.4 is 11.2 Å². The van der Waals surface area contributed by atoms with Gasteiger partial charge in [-0.15, -0.1) is 0 Å². The highest BCUT2D eigenvalue weighted by Gasteiger charge is 2.15. The van der Waals surface area contributed by atoms with E-state index < -0.39 is 11.2 Å². The molecule has 0 aliphatic heterocycles. The predicted molar refractivity (Wildman–Crippen MR) is 94.1 cm³/mol. The molecule has 3 aromatic rings. The van der Waals surface area contributed by atoms with E-state index in [-0.39, 0.29) is 13.1 Å². The fraction of sp³-hybridized carbons (Fsp3) is 0.118. The maximum atomic E-state index is 12.7. The second-order valence-corrected chi connectivity index (χ2v) is 5.98. The smallest absolute Gasteiger partial charge is 0.301 e. The lowest BCUT2D eigenvalue weighted by Crippen LogP contribution is -2.40. The van der Waals surface area contributed by atoms with Crippen LogP contribution in [0.3, 0.4) is 0 Å². The average molecular weight is 363 g/mol. The lowest BCUT2D eigenvalue weighted by Gasteiger charge is -2.13. The Bertz CT molecular complexity index is 1030. The van der Waals surface area contributed by atoms with Crippen molar-refractivity contribution in [3.05, 3.63) is 78.9 Å². The molecule has 122 valence electrons. The van der Waals surface area contributed by atoms with E-state index in [2.05, 4.69) is 0 Å². The van der Waals surface area contributed by atoms with Crippen LogP contribution in [0, 0.1) is 0 Å². The lowest BCUT2D eigenvalue weighted by molar-refractivity contribution is -0.108. The van der Waals surface area contributed by atoms with Gasteiger partial charge in [0.25, 0.3) is 5.56 Å². The van der Waals surface area contributed by atoms with Gasteiger partial charge < -0.3 is 4.79 Å². The van der Waals surface area contributed by atoms with Gasteiger partial charge in [0.1, 0.15) is 6.29 Å². The summed E-state index contributed by atoms with van der Waals surface area (Å²) in [6.45, 7) is -0.213. The number of fused-ring (bicyclic) bond motifs is 1. The van der Waals surface area contributed by atoms with Crippen LogP contribution in [-0.4, -0.2) is 15.4 Å². The number of benzene rings is 2. The summed E-state index contributed by atoms with van der Waals surface area (Å²) in [4.78, 5) is 36.4. The topological polar surface area (TPSA) is 61.1 Å². The highest BCUT2D eigenvalue weighted by atomic mass is 35.5. The van der Waals surface area contributed by atoms with Gasteiger partial charge in [-0.25, -0.2) is 4.79 Å². The fourth-order valence-corrected chi connectivity index (χ4v) is 3.12. The molecule has 1 aromatic heterocycles. The third-order valence-electron chi connectivity index (χ3n) is 3.77. The van der Waals surface area contributed by atoms with E-state index in [1.807, 2.05) is 0 Å². The molecule has 3 rings (SSSR count). The normalized spacial score (nSPS) is 10.9. The van der Waals surface area contributed by atoms with E-state index in [0.29, 0.717) is 32.8 Å². The van der Waals surface area contributed by atoms with E-state index in [1.54, 1.807) is 42.5 Å². The number of carbonyl (C=O) groups excluding carboxylic acids is 1. The number of aromatic nitrogens is 2. The van der Waals surface area contributed by atoms with Gasteiger partial charge in [-0.1, -0.05) is 41.4 Å². The van der Waals surface area contributed by atoms with E-state index in [1.165, 1.54) is 4.57 Å². The Morgan fingerprint density at radius 1 is 0.917 bits per heavy atom. The third-order valence-corrected chi connectivity index (χ3v) is 4.48. The van der Waals surface area contributed by atoms with Crippen LogP contribution in [0.15, 0.2) is 52.1 Å². The largest absolute Gasteiger partial charge is 0.332 e.